The molecule has 0 unspecified atom stereocenters. The average Bonchev–Trinajstić information content (AvgIpc) is 2.61. The van der Waals surface area contributed by atoms with E-state index in [2.05, 4.69) is 15.3 Å². The van der Waals surface area contributed by atoms with E-state index in [1.807, 2.05) is 38.1 Å². The van der Waals surface area contributed by atoms with Gasteiger partial charge in [0.05, 0.1) is 18.5 Å². The number of ether oxygens (including phenoxy) is 1. The molecule has 0 saturated carbocycles. The monoisotopic (exact) mass is 385 g/mol. The molecule has 2 aromatic carbocycles. The molecule has 2 N–H and O–H groups in total. The minimum absolute atomic E-state index is 0.0560. The quantitative estimate of drug-likeness (QED) is 0.617. The molecule has 0 radical (unpaired) electrons. The Morgan fingerprint density at radius 3 is 2.74 bits per heavy atom. The van der Waals surface area contributed by atoms with E-state index < -0.39 is 5.97 Å². The number of anilines is 1. The molecule has 0 amide bonds. The van der Waals surface area contributed by atoms with Crippen LogP contribution in [0.1, 0.15) is 20.3 Å². The van der Waals surface area contributed by atoms with Crippen LogP contribution in [0, 0.1) is 0 Å². The van der Waals surface area contributed by atoms with Crippen molar-refractivity contribution in [2.45, 2.75) is 26.3 Å². The lowest BCUT2D eigenvalue weighted by molar-refractivity contribution is -0.137. The summed E-state index contributed by atoms with van der Waals surface area (Å²) in [5.74, 6) is 0.145. The Kier molecular flexibility index (Phi) is 5.76. The van der Waals surface area contributed by atoms with Crippen LogP contribution >= 0.6 is 11.6 Å². The summed E-state index contributed by atoms with van der Waals surface area (Å²) in [5.41, 5.74) is 2.27. The standard InChI is InChI=1S/C20H20ClN3O3/c1-12(2)23-20-22-11-13-9-15(14-5-3-4-6-16(14)21)18(10-17(13)24-20)27-8-7-19(25)26/h3-6,9-12H,7-8H2,1-2H3,(H,25,26)(H,22,23,24). The molecule has 7 heteroatoms. The molecule has 0 aliphatic rings. The zero-order valence-corrected chi connectivity index (χ0v) is 15.8. The van der Waals surface area contributed by atoms with Crippen LogP contribution in [0.5, 0.6) is 5.75 Å². The summed E-state index contributed by atoms with van der Waals surface area (Å²) in [5, 5.41) is 13.5. The third kappa shape index (κ3) is 4.65. The van der Waals surface area contributed by atoms with E-state index >= 15 is 0 Å². The zero-order chi connectivity index (χ0) is 19.4. The summed E-state index contributed by atoms with van der Waals surface area (Å²) in [6, 6.07) is 11.3. The van der Waals surface area contributed by atoms with E-state index in [0.29, 0.717) is 22.2 Å². The second-order valence-corrected chi connectivity index (χ2v) is 6.78. The van der Waals surface area contributed by atoms with Crippen LogP contribution in [0.3, 0.4) is 0 Å². The molecule has 0 aliphatic heterocycles. The Hall–Kier alpha value is -2.86. The Morgan fingerprint density at radius 1 is 1.26 bits per heavy atom. The van der Waals surface area contributed by atoms with E-state index in [4.69, 9.17) is 21.4 Å². The van der Waals surface area contributed by atoms with Crippen LogP contribution < -0.4 is 10.1 Å². The lowest BCUT2D eigenvalue weighted by Crippen LogP contribution is -2.12. The number of carboxylic acids is 1. The third-order valence-electron chi connectivity index (χ3n) is 3.84. The van der Waals surface area contributed by atoms with Gasteiger partial charge in [-0.05, 0) is 26.0 Å². The van der Waals surface area contributed by atoms with Crippen molar-refractivity contribution in [3.63, 3.8) is 0 Å². The van der Waals surface area contributed by atoms with Gasteiger partial charge in [0, 0.05) is 39.8 Å². The number of nitrogens with zero attached hydrogens (tertiary/aromatic N) is 2. The SMILES string of the molecule is CC(C)Nc1ncc2cc(-c3ccccc3Cl)c(OCCC(=O)O)cc2n1. The number of hydrogen-bond donors (Lipinski definition) is 2. The number of halogens is 1. The predicted molar refractivity (Wildman–Crippen MR) is 106 cm³/mol. The van der Waals surface area contributed by atoms with E-state index in [9.17, 15) is 4.79 Å². The predicted octanol–water partition coefficient (Wildman–Crippen LogP) is 4.62. The van der Waals surface area contributed by atoms with Crippen molar-refractivity contribution < 1.29 is 14.6 Å². The van der Waals surface area contributed by atoms with Gasteiger partial charge in [-0.15, -0.1) is 0 Å². The summed E-state index contributed by atoms with van der Waals surface area (Å²) in [4.78, 5) is 19.7. The summed E-state index contributed by atoms with van der Waals surface area (Å²) in [6.07, 6.45) is 1.65. The highest BCUT2D eigenvalue weighted by Gasteiger charge is 2.14. The highest BCUT2D eigenvalue weighted by Crippen LogP contribution is 2.37. The summed E-state index contributed by atoms with van der Waals surface area (Å²) < 4.78 is 5.77. The van der Waals surface area contributed by atoms with Gasteiger partial charge in [0.15, 0.2) is 0 Å². The fourth-order valence-electron chi connectivity index (χ4n) is 2.65. The van der Waals surface area contributed by atoms with Crippen molar-refractivity contribution in [2.24, 2.45) is 0 Å². The lowest BCUT2D eigenvalue weighted by Gasteiger charge is -2.14. The molecule has 0 bridgehead atoms. The normalized spacial score (nSPS) is 11.0. The van der Waals surface area contributed by atoms with E-state index in [0.717, 1.165) is 16.5 Å². The number of carboxylic acid groups (broad SMARTS) is 1. The van der Waals surface area contributed by atoms with Crippen LogP contribution in [0.4, 0.5) is 5.95 Å². The number of nitrogens with one attached hydrogen (secondary N) is 1. The third-order valence-corrected chi connectivity index (χ3v) is 4.17. The second-order valence-electron chi connectivity index (χ2n) is 6.37. The molecule has 1 heterocycles. The molecule has 6 nitrogen and oxygen atoms in total. The molecule has 0 fully saturated rings. The van der Waals surface area contributed by atoms with Gasteiger partial charge < -0.3 is 15.2 Å². The van der Waals surface area contributed by atoms with Crippen molar-refractivity contribution in [1.82, 2.24) is 9.97 Å². The van der Waals surface area contributed by atoms with Gasteiger partial charge in [-0.3, -0.25) is 4.79 Å². The largest absolute Gasteiger partial charge is 0.492 e. The first-order valence-electron chi connectivity index (χ1n) is 8.61. The van der Waals surface area contributed by atoms with Gasteiger partial charge in [-0.2, -0.15) is 0 Å². The van der Waals surface area contributed by atoms with Crippen LogP contribution in [0.25, 0.3) is 22.0 Å². The maximum Gasteiger partial charge on any atom is 0.306 e. The summed E-state index contributed by atoms with van der Waals surface area (Å²) in [7, 11) is 0. The van der Waals surface area contributed by atoms with Crippen molar-refractivity contribution in [2.75, 3.05) is 11.9 Å². The molecule has 0 spiro atoms. The molecule has 140 valence electrons. The van der Waals surface area contributed by atoms with Gasteiger partial charge in [-0.1, -0.05) is 29.8 Å². The van der Waals surface area contributed by atoms with Gasteiger partial charge in [-0.25, -0.2) is 9.97 Å². The molecular weight excluding hydrogens is 366 g/mol. The van der Waals surface area contributed by atoms with Crippen LogP contribution in [0.2, 0.25) is 5.02 Å². The fourth-order valence-corrected chi connectivity index (χ4v) is 2.88. The van der Waals surface area contributed by atoms with Crippen molar-refractivity contribution in [3.8, 4) is 16.9 Å². The van der Waals surface area contributed by atoms with Crippen molar-refractivity contribution in [1.29, 1.82) is 0 Å². The second kappa shape index (κ2) is 8.22. The Balaban J connectivity index is 2.08. The Labute approximate surface area is 162 Å². The fraction of sp³-hybridized carbons (Fsp3) is 0.250. The van der Waals surface area contributed by atoms with Crippen molar-refractivity contribution >= 4 is 34.4 Å². The molecule has 3 aromatic rings. The number of aromatic nitrogens is 2. The number of carbonyl (C=O) groups is 1. The summed E-state index contributed by atoms with van der Waals surface area (Å²) >= 11 is 6.36. The Bertz CT molecular complexity index is 976. The smallest absolute Gasteiger partial charge is 0.306 e. The van der Waals surface area contributed by atoms with Gasteiger partial charge >= 0.3 is 5.97 Å². The van der Waals surface area contributed by atoms with Gasteiger partial charge in [0.25, 0.3) is 0 Å². The number of hydrogen-bond acceptors (Lipinski definition) is 5. The lowest BCUT2D eigenvalue weighted by atomic mass is 10.0. The van der Waals surface area contributed by atoms with Crippen molar-refractivity contribution in [3.05, 3.63) is 47.6 Å². The number of benzene rings is 2. The zero-order valence-electron chi connectivity index (χ0n) is 15.1. The molecule has 0 atom stereocenters. The average molecular weight is 386 g/mol. The van der Waals surface area contributed by atoms with E-state index in [1.54, 1.807) is 18.3 Å². The first-order chi connectivity index (χ1) is 12.9. The summed E-state index contributed by atoms with van der Waals surface area (Å²) in [6.45, 7) is 4.07. The maximum absolute atomic E-state index is 10.8. The topological polar surface area (TPSA) is 84.3 Å². The van der Waals surface area contributed by atoms with Crippen LogP contribution in [0.15, 0.2) is 42.6 Å². The van der Waals surface area contributed by atoms with Gasteiger partial charge in [0.1, 0.15) is 5.75 Å². The molecule has 0 saturated heterocycles. The molecule has 3 rings (SSSR count). The number of aliphatic carboxylic acids is 1. The minimum atomic E-state index is -0.916. The highest BCUT2D eigenvalue weighted by molar-refractivity contribution is 6.33. The van der Waals surface area contributed by atoms with E-state index in [1.165, 1.54) is 0 Å². The van der Waals surface area contributed by atoms with E-state index in [-0.39, 0.29) is 19.1 Å². The highest BCUT2D eigenvalue weighted by atomic mass is 35.5. The first-order valence-corrected chi connectivity index (χ1v) is 8.98. The van der Waals surface area contributed by atoms with Crippen LogP contribution in [-0.4, -0.2) is 33.7 Å². The number of fused-ring (bicyclic) bond motifs is 1. The molecule has 1 aromatic heterocycles. The molecule has 27 heavy (non-hydrogen) atoms. The number of rotatable bonds is 7. The van der Waals surface area contributed by atoms with Crippen LogP contribution in [-0.2, 0) is 4.79 Å². The Morgan fingerprint density at radius 2 is 2.04 bits per heavy atom. The maximum atomic E-state index is 10.8. The first kappa shape index (κ1) is 18.9. The molecule has 0 aliphatic carbocycles. The minimum Gasteiger partial charge on any atom is -0.492 e. The van der Waals surface area contributed by atoms with Gasteiger partial charge in [0.2, 0.25) is 5.95 Å². The molecular formula is C20H20ClN3O3.